The number of nitrogens with one attached hydrogen (secondary N) is 2. The fourth-order valence-corrected chi connectivity index (χ4v) is 5.91. The van der Waals surface area contributed by atoms with Crippen LogP contribution in [0.2, 0.25) is 5.02 Å². The minimum Gasteiger partial charge on any atom is -0.458 e. The fourth-order valence-electron chi connectivity index (χ4n) is 5.74. The first-order valence-electron chi connectivity index (χ1n) is 13.9. The van der Waals surface area contributed by atoms with Crippen LogP contribution in [0.15, 0.2) is 23.0 Å². The monoisotopic (exact) mass is 613 g/mol. The summed E-state index contributed by atoms with van der Waals surface area (Å²) in [6.07, 6.45) is 0.770. The second-order valence-corrected chi connectivity index (χ2v) is 11.3. The number of aromatic nitrogens is 2. The Morgan fingerprint density at radius 3 is 2.74 bits per heavy atom. The van der Waals surface area contributed by atoms with Crippen LogP contribution in [0.25, 0.3) is 22.3 Å². The Kier molecular flexibility index (Phi) is 7.45. The van der Waals surface area contributed by atoms with Gasteiger partial charge in [-0.25, -0.2) is 14.2 Å². The van der Waals surface area contributed by atoms with Gasteiger partial charge in [-0.2, -0.15) is 0 Å². The van der Waals surface area contributed by atoms with Crippen molar-refractivity contribution in [1.29, 1.82) is 0 Å². The van der Waals surface area contributed by atoms with Gasteiger partial charge in [-0.3, -0.25) is 14.4 Å². The minimum absolute atomic E-state index is 0.00499. The average Bonchev–Trinajstić information content (AvgIpc) is 3.77. The van der Waals surface area contributed by atoms with Gasteiger partial charge in [0.15, 0.2) is 5.60 Å². The molecule has 2 aliphatic heterocycles. The molecule has 43 heavy (non-hydrogen) atoms. The van der Waals surface area contributed by atoms with Crippen LogP contribution in [0.5, 0.6) is 0 Å². The third-order valence-electron chi connectivity index (χ3n) is 8.31. The van der Waals surface area contributed by atoms with E-state index in [1.807, 2.05) is 0 Å². The van der Waals surface area contributed by atoms with Crippen LogP contribution in [0.4, 0.5) is 4.39 Å². The number of esters is 1. The number of halogens is 2. The Labute approximate surface area is 249 Å². The summed E-state index contributed by atoms with van der Waals surface area (Å²) >= 11 is 6.15. The van der Waals surface area contributed by atoms with E-state index in [-0.39, 0.29) is 67.0 Å². The molecule has 1 aliphatic carbocycles. The van der Waals surface area contributed by atoms with Gasteiger partial charge in [0.25, 0.3) is 5.56 Å². The van der Waals surface area contributed by atoms with Crippen LogP contribution in [0.1, 0.15) is 48.4 Å². The van der Waals surface area contributed by atoms with E-state index in [1.165, 1.54) is 16.7 Å². The normalized spacial score (nSPS) is 19.3. The van der Waals surface area contributed by atoms with Gasteiger partial charge < -0.3 is 35.5 Å². The highest BCUT2D eigenvalue weighted by Crippen LogP contribution is 2.41. The van der Waals surface area contributed by atoms with Crippen molar-refractivity contribution in [3.8, 4) is 11.4 Å². The molecule has 1 aromatic carbocycles. The van der Waals surface area contributed by atoms with E-state index in [0.29, 0.717) is 27.9 Å². The van der Waals surface area contributed by atoms with Gasteiger partial charge >= 0.3 is 5.97 Å². The molecular formula is C29H29ClFN5O7. The maximum Gasteiger partial charge on any atom is 0.343 e. The molecule has 0 spiro atoms. The fraction of sp³-hybridized carbons (Fsp3) is 0.414. The molecule has 2 aromatic heterocycles. The smallest absolute Gasteiger partial charge is 0.343 e. The number of benzene rings is 1. The standard InChI is InChI=1S/C29H29ClFN5O7/c1-2-29(41)18-6-22-24-16(10-36(22)27(39)17(18)11-42-28(29)40)15(14-5-19(30)20(31)7-21(14)35-24)9-33-26(38)25(13-3-4-13)43-12-34-23(37)8-32/h5-7,13,25,41H,2-4,8-12,32H2,1H3,(H,33,38)(H,34,37)/t25-,29-/m0/s1. The zero-order chi connectivity index (χ0) is 30.6. The molecule has 0 radical (unpaired) electrons. The summed E-state index contributed by atoms with van der Waals surface area (Å²) in [5, 5.41) is 16.9. The summed E-state index contributed by atoms with van der Waals surface area (Å²) in [4.78, 5) is 55.6. The summed E-state index contributed by atoms with van der Waals surface area (Å²) in [5.41, 5.74) is 5.29. The number of cyclic esters (lactones) is 1. The third kappa shape index (κ3) is 4.95. The molecule has 5 N–H and O–H groups in total. The van der Waals surface area contributed by atoms with E-state index in [2.05, 4.69) is 15.6 Å². The van der Waals surface area contributed by atoms with Gasteiger partial charge in [0.1, 0.15) is 25.3 Å². The number of carbonyl (C=O) groups is 3. The first-order valence-corrected chi connectivity index (χ1v) is 14.3. The molecule has 2 amide bonds. The number of hydrogen-bond donors (Lipinski definition) is 4. The predicted molar refractivity (Wildman–Crippen MR) is 151 cm³/mol. The lowest BCUT2D eigenvalue weighted by Gasteiger charge is -2.31. The number of pyridine rings is 2. The van der Waals surface area contributed by atoms with E-state index in [0.717, 1.165) is 12.8 Å². The van der Waals surface area contributed by atoms with Gasteiger partial charge in [0, 0.05) is 29.1 Å². The van der Waals surface area contributed by atoms with Gasteiger partial charge in [0.2, 0.25) is 11.8 Å². The topological polar surface area (TPSA) is 175 Å². The van der Waals surface area contributed by atoms with Crippen molar-refractivity contribution in [2.75, 3.05) is 13.3 Å². The van der Waals surface area contributed by atoms with Gasteiger partial charge in [-0.05, 0) is 42.9 Å². The van der Waals surface area contributed by atoms with E-state index < -0.39 is 40.9 Å². The lowest BCUT2D eigenvalue weighted by molar-refractivity contribution is -0.172. The maximum absolute atomic E-state index is 14.6. The first-order chi connectivity index (χ1) is 20.6. The van der Waals surface area contributed by atoms with Crippen molar-refractivity contribution in [2.24, 2.45) is 11.7 Å². The number of ether oxygens (including phenoxy) is 2. The van der Waals surface area contributed by atoms with E-state index >= 15 is 0 Å². The molecule has 4 heterocycles. The van der Waals surface area contributed by atoms with Crippen LogP contribution in [0.3, 0.4) is 0 Å². The molecule has 1 saturated carbocycles. The lowest BCUT2D eigenvalue weighted by atomic mass is 9.86. The Bertz CT molecular complexity index is 1760. The molecule has 12 nitrogen and oxygen atoms in total. The van der Waals surface area contributed by atoms with Crippen molar-refractivity contribution < 1.29 is 33.4 Å². The van der Waals surface area contributed by atoms with Crippen molar-refractivity contribution in [3.63, 3.8) is 0 Å². The van der Waals surface area contributed by atoms with Gasteiger partial charge in [-0.15, -0.1) is 0 Å². The van der Waals surface area contributed by atoms with E-state index in [1.54, 1.807) is 13.0 Å². The van der Waals surface area contributed by atoms with Crippen LogP contribution in [-0.2, 0) is 49.2 Å². The highest BCUT2D eigenvalue weighted by molar-refractivity contribution is 6.31. The third-order valence-corrected chi connectivity index (χ3v) is 8.60. The molecular weight excluding hydrogens is 585 g/mol. The summed E-state index contributed by atoms with van der Waals surface area (Å²) < 4.78 is 26.9. The van der Waals surface area contributed by atoms with E-state index in [4.69, 9.17) is 26.8 Å². The van der Waals surface area contributed by atoms with Crippen LogP contribution in [0, 0.1) is 11.7 Å². The number of nitrogens with two attached hydrogens (primary N) is 1. The maximum atomic E-state index is 14.6. The van der Waals surface area contributed by atoms with Crippen LogP contribution in [-0.4, -0.2) is 51.8 Å². The summed E-state index contributed by atoms with van der Waals surface area (Å²) in [5.74, 6) is -2.35. The molecule has 226 valence electrons. The minimum atomic E-state index is -2.00. The number of carbonyl (C=O) groups excluding carboxylic acids is 3. The second-order valence-electron chi connectivity index (χ2n) is 10.9. The number of nitrogens with zero attached hydrogens (tertiary/aromatic N) is 2. The highest BCUT2D eigenvalue weighted by Gasteiger charge is 2.45. The SMILES string of the molecule is CC[C@@]1(O)C(=O)OCc2c1cc1n(c2=O)Cc2c-1nc1cc(F)c(Cl)cc1c2CNC(=O)[C@@H](OCNC(=O)CN)C1CC1. The van der Waals surface area contributed by atoms with Gasteiger partial charge in [-0.1, -0.05) is 18.5 Å². The molecule has 1 fully saturated rings. The average molecular weight is 614 g/mol. The van der Waals surface area contributed by atoms with Crippen molar-refractivity contribution in [3.05, 3.63) is 61.6 Å². The molecule has 0 unspecified atom stereocenters. The first kappa shape index (κ1) is 29.2. The highest BCUT2D eigenvalue weighted by atomic mass is 35.5. The Morgan fingerprint density at radius 2 is 2.05 bits per heavy atom. The molecule has 6 rings (SSSR count). The molecule has 0 saturated heterocycles. The molecule has 2 atom stereocenters. The number of aliphatic hydroxyl groups is 1. The summed E-state index contributed by atoms with van der Waals surface area (Å²) in [6, 6.07) is 4.17. The van der Waals surface area contributed by atoms with Crippen LogP contribution >= 0.6 is 11.6 Å². The van der Waals surface area contributed by atoms with E-state index in [9.17, 15) is 28.7 Å². The number of fused-ring (bicyclic) bond motifs is 5. The summed E-state index contributed by atoms with van der Waals surface area (Å²) in [7, 11) is 0. The Balaban J connectivity index is 1.40. The van der Waals surface area contributed by atoms with Gasteiger partial charge in [0.05, 0.1) is 40.6 Å². The number of rotatable bonds is 9. The molecule has 3 aliphatic rings. The van der Waals surface area contributed by atoms with Crippen molar-refractivity contribution >= 4 is 40.3 Å². The number of amides is 2. The molecule has 3 aromatic rings. The zero-order valence-corrected chi connectivity index (χ0v) is 23.9. The van der Waals surface area contributed by atoms with Crippen molar-refractivity contribution in [2.45, 2.75) is 57.6 Å². The van der Waals surface area contributed by atoms with Crippen LogP contribution < -0.4 is 21.9 Å². The quantitative estimate of drug-likeness (QED) is 0.160. The molecule has 14 heteroatoms. The molecule has 0 bridgehead atoms. The second kappa shape index (κ2) is 11.0. The number of hydrogen-bond acceptors (Lipinski definition) is 9. The predicted octanol–water partition coefficient (Wildman–Crippen LogP) is 1.32. The largest absolute Gasteiger partial charge is 0.458 e. The zero-order valence-electron chi connectivity index (χ0n) is 23.2. The Hall–Kier alpha value is -3.91. The summed E-state index contributed by atoms with van der Waals surface area (Å²) in [6.45, 7) is 1.01. The Morgan fingerprint density at radius 1 is 1.28 bits per heavy atom. The van der Waals surface area contributed by atoms with Crippen molar-refractivity contribution in [1.82, 2.24) is 20.2 Å². The lowest BCUT2D eigenvalue weighted by Crippen LogP contribution is -2.44.